The molecule has 0 heterocycles. The highest BCUT2D eigenvalue weighted by Gasteiger charge is 2.19. The summed E-state index contributed by atoms with van der Waals surface area (Å²) in [4.78, 5) is 38.4. The summed E-state index contributed by atoms with van der Waals surface area (Å²) in [6.45, 7) is 6.41. The van der Waals surface area contributed by atoms with E-state index < -0.39 is 6.10 Å². The number of esters is 3. The Bertz CT molecular complexity index is 1700. The molecule has 1 unspecified atom stereocenters. The molecule has 0 spiro atoms. The van der Waals surface area contributed by atoms with E-state index in [0.717, 1.165) is 148 Å². The normalized spacial score (nSPS) is 13.0. The Balaban J connectivity index is 4.41. The van der Waals surface area contributed by atoms with Gasteiger partial charge in [-0.1, -0.05) is 296 Å². The fourth-order valence-electron chi connectivity index (χ4n) is 9.00. The van der Waals surface area contributed by atoms with Crippen molar-refractivity contribution in [1.29, 1.82) is 0 Å². The van der Waals surface area contributed by atoms with Gasteiger partial charge in [0.15, 0.2) is 6.10 Å². The molecular formula is C74H122O6. The molecule has 0 aromatic carbocycles. The van der Waals surface area contributed by atoms with Crippen molar-refractivity contribution in [2.45, 2.75) is 303 Å². The Kier molecular flexibility index (Phi) is 63.3. The van der Waals surface area contributed by atoms with Crippen molar-refractivity contribution in [2.75, 3.05) is 13.2 Å². The van der Waals surface area contributed by atoms with Crippen LogP contribution in [0, 0.1) is 0 Å². The molecule has 0 N–H and O–H groups in total. The van der Waals surface area contributed by atoms with Gasteiger partial charge >= 0.3 is 17.9 Å². The zero-order valence-electron chi connectivity index (χ0n) is 52.0. The minimum absolute atomic E-state index is 0.0912. The SMILES string of the molecule is CC/C=C\C/C=C\C/C=C\C/C=C\C/C=C\C/C=C\C/C=C\C/C=C\CCCCCCC(=O)OCC(COC(=O)CCCCCCCCCCCCCCCCCC)OC(=O)CCCCCCCCC/C=C\C/C=C\C/C=C\CC. The van der Waals surface area contributed by atoms with Crippen LogP contribution in [0.4, 0.5) is 0 Å². The average molecular weight is 1110 g/mol. The van der Waals surface area contributed by atoms with E-state index in [1.165, 1.54) is 109 Å². The monoisotopic (exact) mass is 1110 g/mol. The van der Waals surface area contributed by atoms with Crippen LogP contribution in [0.3, 0.4) is 0 Å². The standard InChI is InChI=1S/C74H122O6/c1-4-7-10-13-16-19-22-25-28-31-32-33-34-35-36-37-38-39-40-41-42-44-46-49-52-55-58-61-64-67-73(76)79-70-71(69-78-72(75)66-63-60-57-54-51-48-45-30-27-24-21-18-15-12-9-6-3)80-74(77)68-65-62-59-56-53-50-47-43-29-26-23-20-17-14-11-8-5-2/h7-8,10-11,16-17,19-20,25-26,28-29,32-33,35-36,38-39,41-42,46,49,71H,4-6,9,12-15,18,21-24,27,30-31,34,37,40,43-45,47-48,50-70H2,1-3H3/b10-7-,11-8-,19-16-,20-17-,28-25-,29-26-,33-32-,36-35-,39-38-,42-41-,49-46-. The molecule has 0 aliphatic heterocycles. The lowest BCUT2D eigenvalue weighted by Crippen LogP contribution is -2.30. The highest BCUT2D eigenvalue weighted by atomic mass is 16.6. The number of unbranched alkanes of at least 4 members (excludes halogenated alkanes) is 26. The van der Waals surface area contributed by atoms with Crippen molar-refractivity contribution in [3.63, 3.8) is 0 Å². The van der Waals surface area contributed by atoms with Crippen LogP contribution < -0.4 is 0 Å². The molecule has 6 nitrogen and oxygen atoms in total. The first-order valence-corrected chi connectivity index (χ1v) is 33.2. The summed E-state index contributed by atoms with van der Waals surface area (Å²) < 4.78 is 16.9. The lowest BCUT2D eigenvalue weighted by molar-refractivity contribution is -0.167. The number of carbonyl (C=O) groups is 3. The van der Waals surface area contributed by atoms with Crippen LogP contribution in [0.2, 0.25) is 0 Å². The van der Waals surface area contributed by atoms with E-state index in [2.05, 4.69) is 154 Å². The number of allylic oxidation sites excluding steroid dienone is 22. The second kappa shape index (κ2) is 67.1. The summed E-state index contributed by atoms with van der Waals surface area (Å²) in [6, 6.07) is 0. The van der Waals surface area contributed by atoms with Gasteiger partial charge in [0, 0.05) is 19.3 Å². The van der Waals surface area contributed by atoms with E-state index in [1.807, 2.05) is 0 Å². The number of hydrogen-bond acceptors (Lipinski definition) is 6. The van der Waals surface area contributed by atoms with Crippen molar-refractivity contribution in [1.82, 2.24) is 0 Å². The summed E-state index contributed by atoms with van der Waals surface area (Å²) in [7, 11) is 0. The molecule has 454 valence electrons. The van der Waals surface area contributed by atoms with Crippen LogP contribution in [0.15, 0.2) is 134 Å². The topological polar surface area (TPSA) is 78.9 Å². The molecule has 1 atom stereocenters. The van der Waals surface area contributed by atoms with E-state index in [-0.39, 0.29) is 31.1 Å². The first kappa shape index (κ1) is 75.5. The predicted octanol–water partition coefficient (Wildman–Crippen LogP) is 22.9. The minimum Gasteiger partial charge on any atom is -0.462 e. The van der Waals surface area contributed by atoms with Crippen molar-refractivity contribution in [3.8, 4) is 0 Å². The Morgan fingerprint density at radius 1 is 0.263 bits per heavy atom. The first-order chi connectivity index (χ1) is 39.5. The van der Waals surface area contributed by atoms with Gasteiger partial charge in [-0.05, 0) is 116 Å². The van der Waals surface area contributed by atoms with Gasteiger partial charge < -0.3 is 14.2 Å². The van der Waals surface area contributed by atoms with Crippen LogP contribution in [0.1, 0.15) is 297 Å². The molecule has 0 rings (SSSR count). The van der Waals surface area contributed by atoms with E-state index in [1.54, 1.807) is 0 Å². The number of ether oxygens (including phenoxy) is 3. The van der Waals surface area contributed by atoms with Crippen molar-refractivity contribution in [2.24, 2.45) is 0 Å². The van der Waals surface area contributed by atoms with Crippen LogP contribution in [0.25, 0.3) is 0 Å². The van der Waals surface area contributed by atoms with Crippen LogP contribution in [-0.4, -0.2) is 37.2 Å². The minimum atomic E-state index is -0.799. The number of carbonyl (C=O) groups excluding carboxylic acids is 3. The van der Waals surface area contributed by atoms with Gasteiger partial charge in [-0.3, -0.25) is 14.4 Å². The zero-order chi connectivity index (χ0) is 57.8. The third kappa shape index (κ3) is 64.4. The summed E-state index contributed by atoms with van der Waals surface area (Å²) >= 11 is 0. The Hall–Kier alpha value is -4.45. The molecule has 0 saturated heterocycles. The molecule has 6 heteroatoms. The van der Waals surface area contributed by atoms with Crippen LogP contribution in [-0.2, 0) is 28.6 Å². The highest BCUT2D eigenvalue weighted by molar-refractivity contribution is 5.71. The van der Waals surface area contributed by atoms with E-state index in [0.29, 0.717) is 19.3 Å². The molecule has 0 aliphatic rings. The molecule has 0 aromatic rings. The number of hydrogen-bond donors (Lipinski definition) is 0. The Morgan fingerprint density at radius 3 is 0.762 bits per heavy atom. The third-order valence-corrected chi connectivity index (χ3v) is 13.9. The summed E-state index contributed by atoms with van der Waals surface area (Å²) in [5, 5.41) is 0. The van der Waals surface area contributed by atoms with Crippen molar-refractivity contribution < 1.29 is 28.6 Å². The molecule has 0 amide bonds. The predicted molar refractivity (Wildman–Crippen MR) is 348 cm³/mol. The van der Waals surface area contributed by atoms with Gasteiger partial charge in [0.2, 0.25) is 0 Å². The maximum Gasteiger partial charge on any atom is 0.306 e. The maximum absolute atomic E-state index is 12.9. The largest absolute Gasteiger partial charge is 0.462 e. The van der Waals surface area contributed by atoms with Crippen LogP contribution >= 0.6 is 0 Å². The molecule has 0 saturated carbocycles. The lowest BCUT2D eigenvalue weighted by Gasteiger charge is -2.18. The first-order valence-electron chi connectivity index (χ1n) is 33.2. The van der Waals surface area contributed by atoms with Crippen molar-refractivity contribution >= 4 is 17.9 Å². The molecule has 0 aromatic heterocycles. The fourth-order valence-corrected chi connectivity index (χ4v) is 9.00. The van der Waals surface area contributed by atoms with Crippen molar-refractivity contribution in [3.05, 3.63) is 134 Å². The maximum atomic E-state index is 12.9. The lowest BCUT2D eigenvalue weighted by atomic mass is 10.0. The second-order valence-corrected chi connectivity index (χ2v) is 21.6. The van der Waals surface area contributed by atoms with Gasteiger partial charge in [0.1, 0.15) is 13.2 Å². The Labute approximate surface area is 494 Å². The smallest absolute Gasteiger partial charge is 0.306 e. The molecule has 0 radical (unpaired) electrons. The summed E-state index contributed by atoms with van der Waals surface area (Å²) in [5.74, 6) is -0.921. The van der Waals surface area contributed by atoms with E-state index >= 15 is 0 Å². The second-order valence-electron chi connectivity index (χ2n) is 21.6. The fraction of sp³-hybridized carbons (Fsp3) is 0.662. The third-order valence-electron chi connectivity index (χ3n) is 13.9. The van der Waals surface area contributed by atoms with Gasteiger partial charge in [-0.25, -0.2) is 0 Å². The molecule has 0 fully saturated rings. The van der Waals surface area contributed by atoms with Gasteiger partial charge in [0.05, 0.1) is 0 Å². The average Bonchev–Trinajstić information content (AvgIpc) is 3.46. The molecular weight excluding hydrogens is 985 g/mol. The summed E-state index contributed by atoms with van der Waals surface area (Å²) in [6.07, 6.45) is 94.5. The van der Waals surface area contributed by atoms with E-state index in [4.69, 9.17) is 14.2 Å². The zero-order valence-corrected chi connectivity index (χ0v) is 52.0. The van der Waals surface area contributed by atoms with Crippen LogP contribution in [0.5, 0.6) is 0 Å². The molecule has 0 aliphatic carbocycles. The quantitative estimate of drug-likeness (QED) is 0.0261. The molecule has 0 bridgehead atoms. The van der Waals surface area contributed by atoms with E-state index in [9.17, 15) is 14.4 Å². The van der Waals surface area contributed by atoms with Gasteiger partial charge in [-0.15, -0.1) is 0 Å². The number of rotatable bonds is 59. The van der Waals surface area contributed by atoms with Gasteiger partial charge in [0.25, 0.3) is 0 Å². The summed E-state index contributed by atoms with van der Waals surface area (Å²) in [5.41, 5.74) is 0. The highest BCUT2D eigenvalue weighted by Crippen LogP contribution is 2.16. The van der Waals surface area contributed by atoms with Gasteiger partial charge in [-0.2, -0.15) is 0 Å². The Morgan fingerprint density at radius 2 is 0.487 bits per heavy atom. The molecule has 80 heavy (non-hydrogen) atoms.